The van der Waals surface area contributed by atoms with Gasteiger partial charge in [-0.15, -0.1) is 0 Å². The van der Waals surface area contributed by atoms with Gasteiger partial charge in [-0.1, -0.05) is 66.7 Å². The summed E-state index contributed by atoms with van der Waals surface area (Å²) in [6, 6.07) is 30.2. The minimum absolute atomic E-state index is 1.06. The number of para-hydroxylation sites is 2. The second-order valence-corrected chi connectivity index (χ2v) is 6.33. The number of likely N-dealkylation sites (N-methyl/N-ethyl adjacent to an activating group) is 1. The Kier molecular flexibility index (Phi) is 4.36. The van der Waals surface area contributed by atoms with E-state index in [2.05, 4.69) is 102 Å². The van der Waals surface area contributed by atoms with Gasteiger partial charge in [0.15, 0.2) is 0 Å². The molecule has 0 saturated carbocycles. The maximum absolute atomic E-state index is 2.41. The maximum Gasteiger partial charge on any atom is 0.0795 e. The highest BCUT2D eigenvalue weighted by Crippen LogP contribution is 2.36. The molecule has 3 aromatic carbocycles. The lowest BCUT2D eigenvalue weighted by Gasteiger charge is -2.13. The number of nitrogens with zero attached hydrogens (tertiary/aromatic N) is 1. The molecule has 4 aromatic rings. The Morgan fingerprint density at radius 3 is 2.12 bits per heavy atom. The van der Waals surface area contributed by atoms with Crippen molar-refractivity contribution in [3.63, 3.8) is 0 Å². The Balaban J connectivity index is 2.08. The number of nitrogens with two attached hydrogens (primary N) is 1. The third kappa shape index (κ3) is 2.86. The Bertz CT molecular complexity index is 969. The third-order valence-electron chi connectivity index (χ3n) is 4.72. The van der Waals surface area contributed by atoms with Gasteiger partial charge in [0.2, 0.25) is 0 Å². The number of hydrogen-bond donors (Lipinski definition) is 1. The van der Waals surface area contributed by atoms with Crippen LogP contribution in [0.2, 0.25) is 0 Å². The predicted octanol–water partition coefficient (Wildman–Crippen LogP) is 4.03. The molecule has 1 heterocycles. The minimum Gasteiger partial charge on any atom is -0.348 e. The quantitative estimate of drug-likeness (QED) is 0.571. The predicted molar refractivity (Wildman–Crippen MR) is 105 cm³/mol. The first-order valence-corrected chi connectivity index (χ1v) is 8.91. The number of benzene rings is 3. The molecule has 124 valence electrons. The topological polar surface area (TPSA) is 21.5 Å². The van der Waals surface area contributed by atoms with Crippen LogP contribution in [-0.2, 0) is 6.42 Å². The van der Waals surface area contributed by atoms with E-state index in [9.17, 15) is 0 Å². The highest BCUT2D eigenvalue weighted by atomic mass is 15.0. The fourth-order valence-corrected chi connectivity index (χ4v) is 3.59. The van der Waals surface area contributed by atoms with Crippen molar-refractivity contribution >= 4 is 10.9 Å². The summed E-state index contributed by atoms with van der Waals surface area (Å²) in [5.74, 6) is 0. The van der Waals surface area contributed by atoms with Crippen molar-refractivity contribution < 1.29 is 5.32 Å². The molecular formula is C23H23N2+. The number of fused-ring (bicyclic) bond motifs is 1. The zero-order valence-electron chi connectivity index (χ0n) is 14.5. The van der Waals surface area contributed by atoms with Crippen LogP contribution in [0.1, 0.15) is 5.56 Å². The van der Waals surface area contributed by atoms with Gasteiger partial charge < -0.3 is 9.88 Å². The molecule has 0 aliphatic rings. The van der Waals surface area contributed by atoms with Gasteiger partial charge in [0, 0.05) is 17.5 Å². The first-order chi connectivity index (χ1) is 12.4. The van der Waals surface area contributed by atoms with Crippen molar-refractivity contribution in [1.29, 1.82) is 0 Å². The molecule has 0 aliphatic heterocycles. The Morgan fingerprint density at radius 1 is 0.760 bits per heavy atom. The molecule has 4 rings (SSSR count). The fraction of sp³-hybridized carbons (Fsp3) is 0.130. The normalized spacial score (nSPS) is 11.1. The van der Waals surface area contributed by atoms with E-state index in [1.807, 2.05) is 0 Å². The Hall–Kier alpha value is -2.84. The van der Waals surface area contributed by atoms with E-state index in [1.54, 1.807) is 0 Å². The summed E-state index contributed by atoms with van der Waals surface area (Å²) in [6.45, 7) is 1.09. The van der Waals surface area contributed by atoms with Crippen LogP contribution in [0.4, 0.5) is 0 Å². The van der Waals surface area contributed by atoms with Crippen molar-refractivity contribution in [1.82, 2.24) is 4.57 Å². The van der Waals surface area contributed by atoms with Crippen LogP contribution < -0.4 is 5.32 Å². The Labute approximate surface area is 148 Å². The number of rotatable bonds is 5. The van der Waals surface area contributed by atoms with E-state index >= 15 is 0 Å². The van der Waals surface area contributed by atoms with Crippen molar-refractivity contribution in [2.24, 2.45) is 0 Å². The summed E-state index contributed by atoms with van der Waals surface area (Å²) < 4.78 is 2.41. The monoisotopic (exact) mass is 327 g/mol. The van der Waals surface area contributed by atoms with E-state index in [0.29, 0.717) is 0 Å². The van der Waals surface area contributed by atoms with Crippen molar-refractivity contribution in [3.8, 4) is 16.9 Å². The maximum atomic E-state index is 2.41. The summed E-state index contributed by atoms with van der Waals surface area (Å²) in [7, 11) is 2.14. The smallest absolute Gasteiger partial charge is 0.0795 e. The van der Waals surface area contributed by atoms with E-state index in [1.165, 1.54) is 33.4 Å². The Morgan fingerprint density at radius 2 is 1.40 bits per heavy atom. The summed E-state index contributed by atoms with van der Waals surface area (Å²) >= 11 is 0. The zero-order valence-corrected chi connectivity index (χ0v) is 14.5. The molecule has 25 heavy (non-hydrogen) atoms. The lowest BCUT2D eigenvalue weighted by Crippen LogP contribution is -2.80. The average molecular weight is 327 g/mol. The summed E-state index contributed by atoms with van der Waals surface area (Å²) in [5.41, 5.74) is 6.51. The largest absolute Gasteiger partial charge is 0.348 e. The minimum atomic E-state index is 1.06. The molecule has 0 amide bonds. The second kappa shape index (κ2) is 6.96. The first-order valence-electron chi connectivity index (χ1n) is 8.91. The fourth-order valence-electron chi connectivity index (χ4n) is 3.59. The summed E-state index contributed by atoms with van der Waals surface area (Å²) in [6.07, 6.45) is 1.06. The van der Waals surface area contributed by atoms with E-state index in [-0.39, 0.29) is 0 Å². The summed E-state index contributed by atoms with van der Waals surface area (Å²) in [5, 5.41) is 3.61. The first kappa shape index (κ1) is 15.7. The van der Waals surface area contributed by atoms with Crippen LogP contribution >= 0.6 is 0 Å². The van der Waals surface area contributed by atoms with Gasteiger partial charge in [0.1, 0.15) is 0 Å². The molecule has 1 aromatic heterocycles. The van der Waals surface area contributed by atoms with Crippen molar-refractivity contribution in [3.05, 3.63) is 90.5 Å². The van der Waals surface area contributed by atoms with Crippen LogP contribution in [0, 0.1) is 0 Å². The van der Waals surface area contributed by atoms with Gasteiger partial charge in [-0.25, -0.2) is 0 Å². The molecule has 0 spiro atoms. The SMILES string of the molecule is C[NH2+]CCc1c(-c2ccccc2)n(-c2ccccc2)c2ccccc12. The number of quaternary nitrogens is 1. The molecule has 2 nitrogen and oxygen atoms in total. The van der Waals surface area contributed by atoms with E-state index in [0.717, 1.165) is 13.0 Å². The summed E-state index contributed by atoms with van der Waals surface area (Å²) in [4.78, 5) is 0. The molecule has 0 bridgehead atoms. The highest BCUT2D eigenvalue weighted by Gasteiger charge is 2.19. The van der Waals surface area contributed by atoms with Crippen LogP contribution in [0.5, 0.6) is 0 Å². The van der Waals surface area contributed by atoms with Crippen LogP contribution in [0.15, 0.2) is 84.9 Å². The molecule has 0 aliphatic carbocycles. The van der Waals surface area contributed by atoms with Gasteiger partial charge in [-0.2, -0.15) is 0 Å². The highest BCUT2D eigenvalue weighted by molar-refractivity contribution is 5.93. The van der Waals surface area contributed by atoms with Crippen LogP contribution in [0.25, 0.3) is 27.8 Å². The standard InChI is InChI=1S/C23H22N2/c1-24-17-16-21-20-14-8-9-15-22(20)25(19-12-6-3-7-13-19)23(21)18-10-4-2-5-11-18/h2-15,24H,16-17H2,1H3/p+1. The van der Waals surface area contributed by atoms with Gasteiger partial charge in [0.25, 0.3) is 0 Å². The second-order valence-electron chi connectivity index (χ2n) is 6.33. The van der Waals surface area contributed by atoms with E-state index < -0.39 is 0 Å². The van der Waals surface area contributed by atoms with Crippen molar-refractivity contribution in [2.45, 2.75) is 6.42 Å². The van der Waals surface area contributed by atoms with E-state index in [4.69, 9.17) is 0 Å². The zero-order chi connectivity index (χ0) is 17.1. The van der Waals surface area contributed by atoms with Crippen LogP contribution in [0.3, 0.4) is 0 Å². The van der Waals surface area contributed by atoms with Crippen LogP contribution in [-0.4, -0.2) is 18.2 Å². The van der Waals surface area contributed by atoms with Gasteiger partial charge in [-0.05, 0) is 29.3 Å². The lowest BCUT2D eigenvalue weighted by atomic mass is 10.0. The molecule has 0 atom stereocenters. The van der Waals surface area contributed by atoms with Gasteiger partial charge >= 0.3 is 0 Å². The molecule has 0 saturated heterocycles. The number of aromatic nitrogens is 1. The number of hydrogen-bond acceptors (Lipinski definition) is 0. The molecule has 0 radical (unpaired) electrons. The average Bonchev–Trinajstić information content (AvgIpc) is 3.02. The molecule has 0 fully saturated rings. The van der Waals surface area contributed by atoms with Crippen molar-refractivity contribution in [2.75, 3.05) is 13.6 Å². The molecule has 2 heteroatoms. The molecule has 2 N–H and O–H groups in total. The molecule has 0 unspecified atom stereocenters. The third-order valence-corrected chi connectivity index (χ3v) is 4.72. The molecular weight excluding hydrogens is 304 g/mol. The van der Waals surface area contributed by atoms with Gasteiger partial charge in [-0.3, -0.25) is 0 Å². The lowest BCUT2D eigenvalue weighted by molar-refractivity contribution is -0.626. The van der Waals surface area contributed by atoms with Gasteiger partial charge in [0.05, 0.1) is 24.8 Å².